The summed E-state index contributed by atoms with van der Waals surface area (Å²) in [6.45, 7) is 10.1. The minimum absolute atomic E-state index is 0.248. The molecule has 1 saturated heterocycles. The van der Waals surface area contributed by atoms with Gasteiger partial charge >= 0.3 is 12.1 Å². The highest BCUT2D eigenvalue weighted by atomic mass is 16.6. The molecule has 0 N–H and O–H groups in total. The van der Waals surface area contributed by atoms with Crippen molar-refractivity contribution >= 4 is 12.1 Å². The van der Waals surface area contributed by atoms with E-state index >= 15 is 0 Å². The molecule has 1 fully saturated rings. The highest BCUT2D eigenvalue weighted by Crippen LogP contribution is 2.35. The summed E-state index contributed by atoms with van der Waals surface area (Å²) in [4.78, 5) is 25.5. The minimum atomic E-state index is -0.695. The van der Waals surface area contributed by atoms with Crippen LogP contribution in [-0.4, -0.2) is 48.0 Å². The highest BCUT2D eigenvalue weighted by Gasteiger charge is 2.50. The number of amides is 1. The Morgan fingerprint density at radius 3 is 2.32 bits per heavy atom. The van der Waals surface area contributed by atoms with Crippen LogP contribution in [0.1, 0.15) is 60.3 Å². The Hall–Kier alpha value is -1.30. The molecule has 0 aromatic carbocycles. The Morgan fingerprint density at radius 2 is 1.86 bits per heavy atom. The Bertz CT molecular complexity index is 389. The van der Waals surface area contributed by atoms with Gasteiger partial charge in [-0.25, -0.2) is 4.79 Å². The van der Waals surface area contributed by atoms with Gasteiger partial charge in [0.1, 0.15) is 11.8 Å². The van der Waals surface area contributed by atoms with Crippen LogP contribution in [0.2, 0.25) is 0 Å². The van der Waals surface area contributed by atoms with Crippen LogP contribution < -0.4 is 0 Å². The quantitative estimate of drug-likeness (QED) is 0.705. The molecule has 1 rings (SSSR count). The van der Waals surface area contributed by atoms with Gasteiger partial charge in [0.15, 0.2) is 0 Å². The minimum Gasteiger partial charge on any atom is -0.469 e. The lowest BCUT2D eigenvalue weighted by Crippen LogP contribution is -2.53. The number of carbonyl (C=O) groups is 2. The molecule has 0 radical (unpaired) electrons. The molecule has 0 spiro atoms. The van der Waals surface area contributed by atoms with Crippen molar-refractivity contribution in [2.75, 3.05) is 13.7 Å². The number of hydrogen-bond acceptors (Lipinski definition) is 5. The third-order valence-electron chi connectivity index (χ3n) is 3.88. The van der Waals surface area contributed by atoms with Crippen LogP contribution in [0.15, 0.2) is 0 Å². The number of ether oxygens (including phenoxy) is 3. The fourth-order valence-corrected chi connectivity index (χ4v) is 2.84. The van der Waals surface area contributed by atoms with Gasteiger partial charge in [-0.3, -0.25) is 9.69 Å². The lowest BCUT2D eigenvalue weighted by Gasteiger charge is -2.37. The molecule has 0 saturated carbocycles. The van der Waals surface area contributed by atoms with Gasteiger partial charge in [-0.1, -0.05) is 13.3 Å². The maximum absolute atomic E-state index is 12.6. The number of nitrogens with zero attached hydrogens (tertiary/aromatic N) is 1. The zero-order chi connectivity index (χ0) is 17.0. The van der Waals surface area contributed by atoms with Crippen LogP contribution in [0.3, 0.4) is 0 Å². The van der Waals surface area contributed by atoms with E-state index in [0.717, 1.165) is 12.8 Å². The molecule has 1 aliphatic rings. The SMILES string of the molecule is CCC[C@H](CCC(=O)OC)OC(=O)N1C(C)(C)COC1(C)C. The van der Waals surface area contributed by atoms with Gasteiger partial charge in [0.25, 0.3) is 0 Å². The van der Waals surface area contributed by atoms with E-state index in [1.54, 1.807) is 4.90 Å². The van der Waals surface area contributed by atoms with Gasteiger partial charge in [0, 0.05) is 6.42 Å². The van der Waals surface area contributed by atoms with Crippen LogP contribution in [0.4, 0.5) is 4.79 Å². The molecular weight excluding hydrogens is 286 g/mol. The van der Waals surface area contributed by atoms with Gasteiger partial charge in [0.2, 0.25) is 0 Å². The fourth-order valence-electron chi connectivity index (χ4n) is 2.84. The summed E-state index contributed by atoms with van der Waals surface area (Å²) in [6.07, 6.45) is 1.64. The summed E-state index contributed by atoms with van der Waals surface area (Å²) in [5.41, 5.74) is -1.11. The largest absolute Gasteiger partial charge is 0.469 e. The van der Waals surface area contributed by atoms with E-state index in [4.69, 9.17) is 9.47 Å². The summed E-state index contributed by atoms with van der Waals surface area (Å²) in [5.74, 6) is -0.290. The normalized spacial score (nSPS) is 20.5. The van der Waals surface area contributed by atoms with Crippen LogP contribution in [0, 0.1) is 0 Å². The van der Waals surface area contributed by atoms with Crippen molar-refractivity contribution in [3.63, 3.8) is 0 Å². The van der Waals surface area contributed by atoms with Crippen LogP contribution in [0.25, 0.3) is 0 Å². The van der Waals surface area contributed by atoms with E-state index in [0.29, 0.717) is 13.0 Å². The van der Waals surface area contributed by atoms with Crippen molar-refractivity contribution in [3.8, 4) is 0 Å². The monoisotopic (exact) mass is 315 g/mol. The van der Waals surface area contributed by atoms with Crippen molar-refractivity contribution in [1.29, 1.82) is 0 Å². The summed E-state index contributed by atoms with van der Waals surface area (Å²) in [5, 5.41) is 0. The molecule has 1 atom stereocenters. The Morgan fingerprint density at radius 1 is 1.23 bits per heavy atom. The molecule has 0 bridgehead atoms. The van der Waals surface area contributed by atoms with Crippen molar-refractivity contribution in [3.05, 3.63) is 0 Å². The van der Waals surface area contributed by atoms with Crippen molar-refractivity contribution in [1.82, 2.24) is 4.90 Å². The smallest absolute Gasteiger partial charge is 0.412 e. The van der Waals surface area contributed by atoms with Gasteiger partial charge < -0.3 is 14.2 Å². The first-order valence-electron chi connectivity index (χ1n) is 7.85. The molecule has 1 amide bonds. The molecule has 6 nitrogen and oxygen atoms in total. The van der Waals surface area contributed by atoms with E-state index in [9.17, 15) is 9.59 Å². The molecule has 1 aliphatic heterocycles. The first kappa shape index (κ1) is 18.7. The summed E-state index contributed by atoms with van der Waals surface area (Å²) >= 11 is 0. The number of rotatable bonds is 6. The van der Waals surface area contributed by atoms with Gasteiger partial charge in [-0.2, -0.15) is 0 Å². The molecule has 0 aromatic heterocycles. The molecule has 6 heteroatoms. The lowest BCUT2D eigenvalue weighted by molar-refractivity contribution is -0.141. The van der Waals surface area contributed by atoms with Crippen LogP contribution in [0.5, 0.6) is 0 Å². The van der Waals surface area contributed by atoms with Crippen molar-refractivity contribution < 1.29 is 23.8 Å². The molecular formula is C16H29NO5. The fraction of sp³-hybridized carbons (Fsp3) is 0.875. The summed E-state index contributed by atoms with van der Waals surface area (Å²) in [7, 11) is 1.36. The maximum Gasteiger partial charge on any atom is 0.412 e. The zero-order valence-electron chi connectivity index (χ0n) is 14.6. The Labute approximate surface area is 133 Å². The second-order valence-corrected chi connectivity index (χ2v) is 6.79. The molecule has 0 unspecified atom stereocenters. The Balaban J connectivity index is 2.71. The summed E-state index contributed by atoms with van der Waals surface area (Å²) in [6, 6.07) is 0. The second kappa shape index (κ2) is 7.31. The van der Waals surface area contributed by atoms with Crippen LogP contribution >= 0.6 is 0 Å². The highest BCUT2D eigenvalue weighted by molar-refractivity contribution is 5.71. The average Bonchev–Trinajstić information content (AvgIpc) is 2.64. The third kappa shape index (κ3) is 4.60. The maximum atomic E-state index is 12.6. The first-order valence-corrected chi connectivity index (χ1v) is 7.85. The van der Waals surface area contributed by atoms with Crippen molar-refractivity contribution in [2.45, 2.75) is 77.7 Å². The molecule has 22 heavy (non-hydrogen) atoms. The zero-order valence-corrected chi connectivity index (χ0v) is 14.6. The van der Waals surface area contributed by atoms with E-state index in [-0.39, 0.29) is 18.5 Å². The molecule has 0 aromatic rings. The standard InChI is InChI=1S/C16H29NO5/c1-7-8-12(9-10-13(18)20-6)22-14(19)17-15(2,3)11-21-16(17,4)5/h12H,7-11H2,1-6H3/t12-/m1/s1. The first-order chi connectivity index (χ1) is 10.1. The number of methoxy groups -OCH3 is 1. The van der Waals surface area contributed by atoms with Crippen molar-refractivity contribution in [2.24, 2.45) is 0 Å². The van der Waals surface area contributed by atoms with Gasteiger partial charge in [0.05, 0.1) is 19.3 Å². The average molecular weight is 315 g/mol. The number of carbonyl (C=O) groups excluding carboxylic acids is 2. The van der Waals surface area contributed by atoms with E-state index in [2.05, 4.69) is 4.74 Å². The molecule has 1 heterocycles. The van der Waals surface area contributed by atoms with E-state index in [1.165, 1.54) is 7.11 Å². The Kier molecular flexibility index (Phi) is 6.23. The topological polar surface area (TPSA) is 65.1 Å². The lowest BCUT2D eigenvalue weighted by atomic mass is 10.0. The second-order valence-electron chi connectivity index (χ2n) is 6.79. The van der Waals surface area contributed by atoms with Crippen LogP contribution in [-0.2, 0) is 19.0 Å². The predicted molar refractivity (Wildman–Crippen MR) is 82.4 cm³/mol. The van der Waals surface area contributed by atoms with Gasteiger partial charge in [-0.05, 0) is 40.5 Å². The van der Waals surface area contributed by atoms with E-state index < -0.39 is 17.4 Å². The summed E-state index contributed by atoms with van der Waals surface area (Å²) < 4.78 is 16.0. The van der Waals surface area contributed by atoms with E-state index in [1.807, 2.05) is 34.6 Å². The molecule has 128 valence electrons. The number of esters is 1. The third-order valence-corrected chi connectivity index (χ3v) is 3.88. The molecule has 0 aliphatic carbocycles. The predicted octanol–water partition coefficient (Wildman–Crippen LogP) is 3.09. The number of hydrogen-bond donors (Lipinski definition) is 0. The van der Waals surface area contributed by atoms with Gasteiger partial charge in [-0.15, -0.1) is 0 Å².